The molecule has 0 aliphatic rings. The molecule has 2 unspecified atom stereocenters. The highest BCUT2D eigenvalue weighted by Crippen LogP contribution is 2.26. The largest absolute Gasteiger partial charge is 0.457 e. The van der Waals surface area contributed by atoms with Crippen LogP contribution in [0.15, 0.2) is 48.5 Å². The van der Waals surface area contributed by atoms with E-state index in [2.05, 4.69) is 76.2 Å². The van der Waals surface area contributed by atoms with Gasteiger partial charge in [-0.05, 0) is 60.1 Å². The van der Waals surface area contributed by atoms with Gasteiger partial charge in [-0.3, -0.25) is 0 Å². The number of unbranched alkanes of at least 4 members (excludes halogenated alkanes) is 2. The van der Waals surface area contributed by atoms with E-state index in [1.165, 1.54) is 75.3 Å². The Kier molecular flexibility index (Phi) is 10.9. The van der Waals surface area contributed by atoms with E-state index in [0.29, 0.717) is 0 Å². The highest BCUT2D eigenvalue weighted by atomic mass is 16.5. The summed E-state index contributed by atoms with van der Waals surface area (Å²) in [7, 11) is 0. The van der Waals surface area contributed by atoms with Crippen molar-refractivity contribution in [2.24, 2.45) is 11.8 Å². The van der Waals surface area contributed by atoms with Crippen molar-refractivity contribution < 1.29 is 4.74 Å². The first-order valence-corrected chi connectivity index (χ1v) is 12.0. The summed E-state index contributed by atoms with van der Waals surface area (Å²) in [6.45, 7) is 9.18. The summed E-state index contributed by atoms with van der Waals surface area (Å²) in [5.74, 6) is 3.46. The molecule has 29 heavy (non-hydrogen) atoms. The summed E-state index contributed by atoms with van der Waals surface area (Å²) in [6, 6.07) is 17.4. The highest BCUT2D eigenvalue weighted by molar-refractivity contribution is 5.34. The molecule has 0 fully saturated rings. The van der Waals surface area contributed by atoms with Gasteiger partial charge >= 0.3 is 0 Å². The standard InChI is InChI=1S/C28H42O/c1-5-9-11-23(7-3)21-25-13-17-27(18-14-25)29-28-19-15-26(16-20-28)22-24(8-4)12-10-6-2/h13-20,23-24H,5-12,21-22H2,1-4H3. The molecule has 0 saturated heterocycles. The van der Waals surface area contributed by atoms with Crippen molar-refractivity contribution in [3.63, 3.8) is 0 Å². The number of benzene rings is 2. The molecule has 0 radical (unpaired) electrons. The van der Waals surface area contributed by atoms with E-state index >= 15 is 0 Å². The van der Waals surface area contributed by atoms with Crippen LogP contribution in [-0.2, 0) is 12.8 Å². The molecule has 0 N–H and O–H groups in total. The summed E-state index contributed by atoms with van der Waals surface area (Å²) in [5.41, 5.74) is 2.85. The molecule has 0 saturated carbocycles. The lowest BCUT2D eigenvalue weighted by atomic mass is 9.92. The molecular weight excluding hydrogens is 352 g/mol. The van der Waals surface area contributed by atoms with Crippen molar-refractivity contribution in [3.05, 3.63) is 59.7 Å². The fraction of sp³-hybridized carbons (Fsp3) is 0.571. The summed E-state index contributed by atoms with van der Waals surface area (Å²) in [5, 5.41) is 0. The second-order valence-electron chi connectivity index (χ2n) is 8.63. The van der Waals surface area contributed by atoms with E-state index in [0.717, 1.165) is 23.3 Å². The number of ether oxygens (including phenoxy) is 1. The molecule has 160 valence electrons. The van der Waals surface area contributed by atoms with Gasteiger partial charge in [-0.1, -0.05) is 103 Å². The predicted molar refractivity (Wildman–Crippen MR) is 127 cm³/mol. The summed E-state index contributed by atoms with van der Waals surface area (Å²) < 4.78 is 6.08. The Morgan fingerprint density at radius 2 is 0.966 bits per heavy atom. The Labute approximate surface area is 179 Å². The van der Waals surface area contributed by atoms with E-state index in [4.69, 9.17) is 4.74 Å². The topological polar surface area (TPSA) is 9.23 Å². The first-order valence-electron chi connectivity index (χ1n) is 12.0. The minimum atomic E-state index is 0.804. The minimum absolute atomic E-state index is 0.804. The van der Waals surface area contributed by atoms with Crippen LogP contribution >= 0.6 is 0 Å². The second kappa shape index (κ2) is 13.5. The molecule has 0 spiro atoms. The smallest absolute Gasteiger partial charge is 0.127 e. The Morgan fingerprint density at radius 1 is 0.586 bits per heavy atom. The van der Waals surface area contributed by atoms with Crippen LogP contribution in [0.5, 0.6) is 11.5 Å². The van der Waals surface area contributed by atoms with Gasteiger partial charge in [-0.25, -0.2) is 0 Å². The predicted octanol–water partition coefficient (Wildman–Crippen LogP) is 9.00. The molecule has 1 nitrogen and oxygen atoms in total. The molecule has 0 aromatic heterocycles. The Bertz CT molecular complexity index is 596. The van der Waals surface area contributed by atoms with Gasteiger partial charge in [-0.15, -0.1) is 0 Å². The normalized spacial score (nSPS) is 13.2. The van der Waals surface area contributed by atoms with Crippen LogP contribution in [0.3, 0.4) is 0 Å². The zero-order valence-corrected chi connectivity index (χ0v) is 19.3. The van der Waals surface area contributed by atoms with Crippen LogP contribution in [0.2, 0.25) is 0 Å². The monoisotopic (exact) mass is 394 g/mol. The maximum atomic E-state index is 6.08. The molecule has 2 aromatic carbocycles. The van der Waals surface area contributed by atoms with Crippen LogP contribution in [0, 0.1) is 11.8 Å². The maximum Gasteiger partial charge on any atom is 0.127 e. The van der Waals surface area contributed by atoms with Gasteiger partial charge in [0.25, 0.3) is 0 Å². The average Bonchev–Trinajstić information content (AvgIpc) is 2.76. The lowest BCUT2D eigenvalue weighted by Gasteiger charge is -2.15. The van der Waals surface area contributed by atoms with Crippen LogP contribution in [0.1, 0.15) is 90.2 Å². The third-order valence-corrected chi connectivity index (χ3v) is 6.22. The molecule has 0 amide bonds. The van der Waals surface area contributed by atoms with Crippen LogP contribution < -0.4 is 4.74 Å². The second-order valence-corrected chi connectivity index (χ2v) is 8.63. The van der Waals surface area contributed by atoms with Crippen LogP contribution in [-0.4, -0.2) is 0 Å². The lowest BCUT2D eigenvalue weighted by molar-refractivity contribution is 0.447. The third-order valence-electron chi connectivity index (χ3n) is 6.22. The molecule has 1 heteroatoms. The van der Waals surface area contributed by atoms with Crippen molar-refractivity contribution in [2.45, 2.75) is 91.9 Å². The van der Waals surface area contributed by atoms with Gasteiger partial charge in [0, 0.05) is 0 Å². The SMILES string of the molecule is CCCCC(CC)Cc1ccc(Oc2ccc(CC(CC)CCCC)cc2)cc1. The molecule has 0 bridgehead atoms. The fourth-order valence-corrected chi connectivity index (χ4v) is 4.08. The number of rotatable bonds is 14. The number of hydrogen-bond donors (Lipinski definition) is 0. The van der Waals surface area contributed by atoms with Gasteiger partial charge in [0.15, 0.2) is 0 Å². The molecular formula is C28H42O. The van der Waals surface area contributed by atoms with Crippen molar-refractivity contribution >= 4 is 0 Å². The third kappa shape index (κ3) is 8.64. The van der Waals surface area contributed by atoms with Gasteiger partial charge < -0.3 is 4.74 Å². The molecule has 0 aliphatic heterocycles. The zero-order valence-electron chi connectivity index (χ0n) is 19.3. The van der Waals surface area contributed by atoms with Crippen molar-refractivity contribution in [1.82, 2.24) is 0 Å². The molecule has 2 atom stereocenters. The summed E-state index contributed by atoms with van der Waals surface area (Å²) in [4.78, 5) is 0. The molecule has 2 aromatic rings. The van der Waals surface area contributed by atoms with E-state index < -0.39 is 0 Å². The highest BCUT2D eigenvalue weighted by Gasteiger charge is 2.09. The average molecular weight is 395 g/mol. The van der Waals surface area contributed by atoms with E-state index in [1.54, 1.807) is 0 Å². The molecule has 0 aliphatic carbocycles. The van der Waals surface area contributed by atoms with E-state index in [-0.39, 0.29) is 0 Å². The van der Waals surface area contributed by atoms with Gasteiger partial charge in [-0.2, -0.15) is 0 Å². The fourth-order valence-electron chi connectivity index (χ4n) is 4.08. The van der Waals surface area contributed by atoms with Gasteiger partial charge in [0.2, 0.25) is 0 Å². The first-order chi connectivity index (χ1) is 14.2. The molecule has 0 heterocycles. The summed E-state index contributed by atoms with van der Waals surface area (Å²) in [6.07, 6.45) is 12.8. The zero-order chi connectivity index (χ0) is 20.9. The Morgan fingerprint density at radius 3 is 1.28 bits per heavy atom. The van der Waals surface area contributed by atoms with Crippen LogP contribution in [0.4, 0.5) is 0 Å². The van der Waals surface area contributed by atoms with E-state index in [9.17, 15) is 0 Å². The minimum Gasteiger partial charge on any atom is -0.457 e. The first kappa shape index (κ1) is 23.5. The Balaban J connectivity index is 1.88. The van der Waals surface area contributed by atoms with Crippen LogP contribution in [0.25, 0.3) is 0 Å². The maximum absolute atomic E-state index is 6.08. The van der Waals surface area contributed by atoms with Crippen molar-refractivity contribution in [1.29, 1.82) is 0 Å². The van der Waals surface area contributed by atoms with Gasteiger partial charge in [0.1, 0.15) is 11.5 Å². The van der Waals surface area contributed by atoms with Gasteiger partial charge in [0.05, 0.1) is 0 Å². The van der Waals surface area contributed by atoms with Crippen molar-refractivity contribution in [3.8, 4) is 11.5 Å². The lowest BCUT2D eigenvalue weighted by Crippen LogP contribution is -2.03. The molecule has 2 rings (SSSR count). The van der Waals surface area contributed by atoms with Crippen molar-refractivity contribution in [2.75, 3.05) is 0 Å². The Hall–Kier alpha value is -1.76. The number of hydrogen-bond acceptors (Lipinski definition) is 1. The summed E-state index contributed by atoms with van der Waals surface area (Å²) >= 11 is 0. The van der Waals surface area contributed by atoms with E-state index in [1.807, 2.05) is 0 Å². The quantitative estimate of drug-likeness (QED) is 0.310.